The average molecular weight is 508 g/mol. The number of rotatable bonds is 11. The molecule has 1 heterocycles. The number of likely N-dealkylation sites (tertiary alicyclic amines) is 1. The largest absolute Gasteiger partial charge is 0.506 e. The fourth-order valence-corrected chi connectivity index (χ4v) is 4.29. The number of amides is 1. The van der Waals surface area contributed by atoms with Gasteiger partial charge in [-0.3, -0.25) is 9.69 Å². The Balaban J connectivity index is 1.45. The molecule has 1 aliphatic heterocycles. The SMILES string of the molecule is CCC(=O)Nc1cc(Cl)c(O)cc1OCC(CC)CNC1CCN(Cc2ccc(Cl)cc2)CC1. The predicted octanol–water partition coefficient (Wildman–Crippen LogP) is 5.71. The van der Waals surface area contributed by atoms with E-state index in [2.05, 4.69) is 34.6 Å². The Morgan fingerprint density at radius 3 is 2.53 bits per heavy atom. The third-order valence-electron chi connectivity index (χ3n) is 6.30. The van der Waals surface area contributed by atoms with E-state index in [0.717, 1.165) is 50.5 Å². The normalized spacial score (nSPS) is 15.8. The first kappa shape index (κ1) is 26.6. The molecular weight excluding hydrogens is 473 g/mol. The Hall–Kier alpha value is -1.99. The number of halogens is 2. The predicted molar refractivity (Wildman–Crippen MR) is 139 cm³/mol. The van der Waals surface area contributed by atoms with Crippen molar-refractivity contribution < 1.29 is 14.6 Å². The van der Waals surface area contributed by atoms with Crippen LogP contribution in [0.5, 0.6) is 11.5 Å². The van der Waals surface area contributed by atoms with Gasteiger partial charge in [0.2, 0.25) is 5.91 Å². The number of ether oxygens (including phenoxy) is 1. The Kier molecular flexibility index (Phi) is 10.3. The van der Waals surface area contributed by atoms with Crippen molar-refractivity contribution in [1.29, 1.82) is 0 Å². The molecule has 1 aliphatic rings. The van der Waals surface area contributed by atoms with Crippen LogP contribution in [0.3, 0.4) is 0 Å². The highest BCUT2D eigenvalue weighted by molar-refractivity contribution is 6.32. The number of aromatic hydroxyl groups is 1. The third-order valence-corrected chi connectivity index (χ3v) is 6.85. The highest BCUT2D eigenvalue weighted by Gasteiger charge is 2.20. The highest BCUT2D eigenvalue weighted by atomic mass is 35.5. The summed E-state index contributed by atoms with van der Waals surface area (Å²) < 4.78 is 6.01. The van der Waals surface area contributed by atoms with Crippen molar-refractivity contribution in [3.8, 4) is 11.5 Å². The molecule has 34 heavy (non-hydrogen) atoms. The van der Waals surface area contributed by atoms with Crippen molar-refractivity contribution in [3.63, 3.8) is 0 Å². The third kappa shape index (κ3) is 8.05. The van der Waals surface area contributed by atoms with Gasteiger partial charge < -0.3 is 20.5 Å². The molecule has 2 aromatic carbocycles. The van der Waals surface area contributed by atoms with Gasteiger partial charge in [0.25, 0.3) is 0 Å². The summed E-state index contributed by atoms with van der Waals surface area (Å²) >= 11 is 12.0. The number of nitrogens with zero attached hydrogens (tertiary/aromatic N) is 1. The van der Waals surface area contributed by atoms with Gasteiger partial charge in [0.15, 0.2) is 0 Å². The molecule has 0 aromatic heterocycles. The van der Waals surface area contributed by atoms with Gasteiger partial charge in [-0.05, 0) is 56.1 Å². The van der Waals surface area contributed by atoms with Gasteiger partial charge in [0, 0.05) is 42.6 Å². The summed E-state index contributed by atoms with van der Waals surface area (Å²) in [4.78, 5) is 14.3. The van der Waals surface area contributed by atoms with E-state index in [4.69, 9.17) is 27.9 Å². The molecule has 1 unspecified atom stereocenters. The minimum Gasteiger partial charge on any atom is -0.506 e. The van der Waals surface area contributed by atoms with Gasteiger partial charge in [-0.1, -0.05) is 49.2 Å². The summed E-state index contributed by atoms with van der Waals surface area (Å²) in [5.74, 6) is 0.530. The number of carbonyl (C=O) groups excluding carboxylic acids is 1. The topological polar surface area (TPSA) is 73.8 Å². The van der Waals surface area contributed by atoms with Crippen LogP contribution in [0, 0.1) is 5.92 Å². The number of hydrogen-bond acceptors (Lipinski definition) is 5. The monoisotopic (exact) mass is 507 g/mol. The van der Waals surface area contributed by atoms with E-state index in [1.165, 1.54) is 17.7 Å². The summed E-state index contributed by atoms with van der Waals surface area (Å²) in [6, 6.07) is 11.6. The smallest absolute Gasteiger partial charge is 0.224 e. The summed E-state index contributed by atoms with van der Waals surface area (Å²) in [5, 5.41) is 17.4. The van der Waals surface area contributed by atoms with Crippen LogP contribution < -0.4 is 15.4 Å². The van der Waals surface area contributed by atoms with E-state index in [0.29, 0.717) is 36.4 Å². The Morgan fingerprint density at radius 2 is 1.88 bits per heavy atom. The number of piperidine rings is 1. The standard InChI is InChI=1S/C26H35Cl2N3O3/c1-3-18(17-34-25-14-24(32)22(28)13-23(25)30-26(33)4-2)15-29-21-9-11-31(12-10-21)16-19-5-7-20(27)8-6-19/h5-8,13-14,18,21,29,32H,3-4,9-12,15-17H2,1-2H3,(H,30,33). The van der Waals surface area contributed by atoms with Gasteiger partial charge in [-0.25, -0.2) is 0 Å². The summed E-state index contributed by atoms with van der Waals surface area (Å²) in [5.41, 5.74) is 1.77. The van der Waals surface area contributed by atoms with Crippen molar-refractivity contribution in [2.45, 2.75) is 52.1 Å². The molecule has 1 fully saturated rings. The van der Waals surface area contributed by atoms with E-state index in [9.17, 15) is 9.90 Å². The molecule has 186 valence electrons. The van der Waals surface area contributed by atoms with E-state index >= 15 is 0 Å². The van der Waals surface area contributed by atoms with Crippen LogP contribution in [-0.2, 0) is 11.3 Å². The van der Waals surface area contributed by atoms with E-state index < -0.39 is 0 Å². The maximum absolute atomic E-state index is 11.8. The van der Waals surface area contributed by atoms with Crippen molar-refractivity contribution in [1.82, 2.24) is 10.2 Å². The van der Waals surface area contributed by atoms with E-state index in [1.807, 2.05) is 12.1 Å². The van der Waals surface area contributed by atoms with Crippen molar-refractivity contribution in [3.05, 3.63) is 52.0 Å². The van der Waals surface area contributed by atoms with Crippen LogP contribution in [0.15, 0.2) is 36.4 Å². The number of nitrogens with one attached hydrogen (secondary N) is 2. The molecule has 0 aliphatic carbocycles. The Bertz CT molecular complexity index is 932. The maximum Gasteiger partial charge on any atom is 0.224 e. The summed E-state index contributed by atoms with van der Waals surface area (Å²) in [6.45, 7) is 8.35. The van der Waals surface area contributed by atoms with Crippen LogP contribution in [0.25, 0.3) is 0 Å². The van der Waals surface area contributed by atoms with Gasteiger partial charge in [0.1, 0.15) is 11.5 Å². The minimum absolute atomic E-state index is 0.0669. The van der Waals surface area contributed by atoms with Crippen LogP contribution in [0.2, 0.25) is 10.0 Å². The maximum atomic E-state index is 11.8. The zero-order chi connectivity index (χ0) is 24.5. The second kappa shape index (κ2) is 13.2. The molecular formula is C26H35Cl2N3O3. The van der Waals surface area contributed by atoms with Crippen molar-refractivity contribution >= 4 is 34.8 Å². The van der Waals surface area contributed by atoms with E-state index in [1.54, 1.807) is 6.92 Å². The van der Waals surface area contributed by atoms with Gasteiger partial charge in [-0.15, -0.1) is 0 Å². The van der Waals surface area contributed by atoms with Crippen LogP contribution >= 0.6 is 23.2 Å². The number of benzene rings is 2. The first-order chi connectivity index (χ1) is 16.4. The van der Waals surface area contributed by atoms with Gasteiger partial charge in [-0.2, -0.15) is 0 Å². The second-order valence-electron chi connectivity index (χ2n) is 8.87. The lowest BCUT2D eigenvalue weighted by molar-refractivity contribution is -0.115. The lowest BCUT2D eigenvalue weighted by Crippen LogP contribution is -2.44. The summed E-state index contributed by atoms with van der Waals surface area (Å²) in [6.07, 6.45) is 3.53. The average Bonchev–Trinajstić information content (AvgIpc) is 2.84. The first-order valence-electron chi connectivity index (χ1n) is 12.0. The molecule has 0 bridgehead atoms. The molecule has 6 nitrogen and oxygen atoms in total. The molecule has 1 amide bonds. The lowest BCUT2D eigenvalue weighted by atomic mass is 10.0. The fourth-order valence-electron chi connectivity index (χ4n) is 4.00. The quantitative estimate of drug-likeness (QED) is 0.339. The number of anilines is 1. The van der Waals surface area contributed by atoms with E-state index in [-0.39, 0.29) is 16.7 Å². The number of carbonyl (C=O) groups is 1. The molecule has 3 rings (SSSR count). The molecule has 3 N–H and O–H groups in total. The lowest BCUT2D eigenvalue weighted by Gasteiger charge is -2.33. The van der Waals surface area contributed by atoms with Crippen LogP contribution in [0.4, 0.5) is 5.69 Å². The number of phenols is 1. The van der Waals surface area contributed by atoms with Crippen LogP contribution in [0.1, 0.15) is 45.1 Å². The minimum atomic E-state index is -0.136. The molecule has 0 spiro atoms. The fraction of sp³-hybridized carbons (Fsp3) is 0.500. The summed E-state index contributed by atoms with van der Waals surface area (Å²) in [7, 11) is 0. The number of hydrogen-bond donors (Lipinski definition) is 3. The second-order valence-corrected chi connectivity index (χ2v) is 9.72. The molecule has 0 saturated carbocycles. The Labute approximate surface area is 212 Å². The van der Waals surface area contributed by atoms with Crippen LogP contribution in [-0.4, -0.2) is 48.2 Å². The molecule has 8 heteroatoms. The molecule has 1 atom stereocenters. The van der Waals surface area contributed by atoms with Gasteiger partial charge >= 0.3 is 0 Å². The Morgan fingerprint density at radius 1 is 1.18 bits per heavy atom. The van der Waals surface area contributed by atoms with Crippen molar-refractivity contribution in [2.75, 3.05) is 31.6 Å². The zero-order valence-electron chi connectivity index (χ0n) is 19.9. The molecule has 2 aromatic rings. The number of phenolic OH excluding ortho intramolecular Hbond substituents is 1. The molecule has 1 saturated heterocycles. The van der Waals surface area contributed by atoms with Gasteiger partial charge in [0.05, 0.1) is 17.3 Å². The first-order valence-corrected chi connectivity index (χ1v) is 12.8. The van der Waals surface area contributed by atoms with Crippen molar-refractivity contribution in [2.24, 2.45) is 5.92 Å². The molecule has 0 radical (unpaired) electrons. The highest BCUT2D eigenvalue weighted by Crippen LogP contribution is 2.35. The zero-order valence-corrected chi connectivity index (χ0v) is 21.5.